The molecule has 0 spiro atoms. The van der Waals surface area contributed by atoms with Gasteiger partial charge < -0.3 is 20.6 Å². The van der Waals surface area contributed by atoms with Gasteiger partial charge in [0.2, 0.25) is 5.28 Å². The summed E-state index contributed by atoms with van der Waals surface area (Å²) in [6.45, 7) is 10.6. The maximum absolute atomic E-state index is 6.26. The zero-order chi connectivity index (χ0) is 21.1. The van der Waals surface area contributed by atoms with E-state index >= 15 is 0 Å². The molecule has 0 aliphatic heterocycles. The van der Waals surface area contributed by atoms with Crippen molar-refractivity contribution in [3.8, 4) is 0 Å². The van der Waals surface area contributed by atoms with Crippen molar-refractivity contribution < 1.29 is 0 Å². The van der Waals surface area contributed by atoms with Gasteiger partial charge in [0.05, 0.1) is 10.8 Å². The minimum absolute atomic E-state index is 0.114. The Hall–Kier alpha value is -2.87. The van der Waals surface area contributed by atoms with Gasteiger partial charge in [-0.25, -0.2) is 15.0 Å². The number of nitrogen functional groups attached to an aromatic ring is 2. The van der Waals surface area contributed by atoms with Crippen LogP contribution in [0.25, 0.3) is 22.1 Å². The average Bonchev–Trinajstić information content (AvgIpc) is 3.18. The quantitative estimate of drug-likeness (QED) is 0.495. The second-order valence-electron chi connectivity index (χ2n) is 8.91. The number of halogens is 1. The van der Waals surface area contributed by atoms with Gasteiger partial charge in [0, 0.05) is 29.9 Å². The third kappa shape index (κ3) is 3.27. The summed E-state index contributed by atoms with van der Waals surface area (Å²) in [7, 11) is 0. The molecule has 152 valence electrons. The first-order valence-electron chi connectivity index (χ1n) is 9.42. The molecule has 4 aromatic rings. The summed E-state index contributed by atoms with van der Waals surface area (Å²) in [4.78, 5) is 17.8. The summed E-state index contributed by atoms with van der Waals surface area (Å²) >= 11 is 6.04. The molecule has 0 bridgehead atoms. The largest absolute Gasteiger partial charge is 0.383 e. The van der Waals surface area contributed by atoms with Gasteiger partial charge in [-0.3, -0.25) is 0 Å². The van der Waals surface area contributed by atoms with E-state index in [1.54, 1.807) is 0 Å². The zero-order valence-corrected chi connectivity index (χ0v) is 18.0. The van der Waals surface area contributed by atoms with Crippen LogP contribution < -0.4 is 11.5 Å². The van der Waals surface area contributed by atoms with Gasteiger partial charge in [-0.05, 0) is 58.4 Å². The third-order valence-corrected chi connectivity index (χ3v) is 5.30. The average molecular weight is 413 g/mol. The molecular formula is C20H25ClN8. The fraction of sp³-hybridized carbons (Fsp3) is 0.400. The van der Waals surface area contributed by atoms with Gasteiger partial charge in [0.1, 0.15) is 28.8 Å². The van der Waals surface area contributed by atoms with E-state index < -0.39 is 5.54 Å². The van der Waals surface area contributed by atoms with E-state index in [-0.39, 0.29) is 10.8 Å². The van der Waals surface area contributed by atoms with Gasteiger partial charge in [0.25, 0.3) is 0 Å². The Morgan fingerprint density at radius 3 is 2.00 bits per heavy atom. The Balaban J connectivity index is 1.80. The lowest BCUT2D eigenvalue weighted by molar-refractivity contribution is 0.355. The van der Waals surface area contributed by atoms with Gasteiger partial charge in [-0.15, -0.1) is 0 Å². The number of nitrogens with zero attached hydrogens (tertiary/aromatic N) is 6. The molecule has 0 saturated heterocycles. The number of anilines is 2. The van der Waals surface area contributed by atoms with Gasteiger partial charge in [-0.1, -0.05) is 0 Å². The number of hydrogen-bond acceptors (Lipinski definition) is 6. The van der Waals surface area contributed by atoms with E-state index in [0.29, 0.717) is 29.5 Å². The van der Waals surface area contributed by atoms with Crippen LogP contribution in [0, 0.1) is 0 Å². The monoisotopic (exact) mass is 412 g/mol. The lowest BCUT2D eigenvalue weighted by atomic mass is 9.99. The molecular weight excluding hydrogens is 388 g/mol. The molecule has 0 amide bonds. The molecule has 0 radical (unpaired) electrons. The minimum Gasteiger partial charge on any atom is -0.383 e. The topological polar surface area (TPSA) is 113 Å². The van der Waals surface area contributed by atoms with Crippen molar-refractivity contribution in [1.82, 2.24) is 29.1 Å². The van der Waals surface area contributed by atoms with Crippen molar-refractivity contribution in [3.05, 3.63) is 35.6 Å². The van der Waals surface area contributed by atoms with Crippen LogP contribution in [0.1, 0.15) is 40.4 Å². The molecule has 0 unspecified atom stereocenters. The van der Waals surface area contributed by atoms with E-state index in [1.807, 2.05) is 29.1 Å². The number of aromatic nitrogens is 6. The van der Waals surface area contributed by atoms with Crippen molar-refractivity contribution in [1.29, 1.82) is 0 Å². The first-order chi connectivity index (χ1) is 13.5. The van der Waals surface area contributed by atoms with E-state index in [4.69, 9.17) is 28.1 Å². The summed E-state index contributed by atoms with van der Waals surface area (Å²) in [5, 5.41) is 1.75. The third-order valence-electron chi connectivity index (χ3n) is 5.13. The Bertz CT molecular complexity index is 1230. The first kappa shape index (κ1) is 19.4. The fourth-order valence-electron chi connectivity index (χ4n) is 3.68. The molecule has 0 fully saturated rings. The smallest absolute Gasteiger partial charge is 0.226 e. The minimum atomic E-state index is -0.398. The van der Waals surface area contributed by atoms with Gasteiger partial charge in [-0.2, -0.15) is 4.98 Å². The maximum Gasteiger partial charge on any atom is 0.226 e. The van der Waals surface area contributed by atoms with Crippen LogP contribution in [0.4, 0.5) is 11.6 Å². The van der Waals surface area contributed by atoms with Crippen molar-refractivity contribution in [2.24, 2.45) is 0 Å². The van der Waals surface area contributed by atoms with E-state index in [0.717, 1.165) is 16.4 Å². The van der Waals surface area contributed by atoms with E-state index in [9.17, 15) is 0 Å². The molecule has 4 heterocycles. The molecule has 8 nitrogen and oxygen atoms in total. The normalized spacial score (nSPS) is 12.9. The first-order valence-corrected chi connectivity index (χ1v) is 9.80. The lowest BCUT2D eigenvalue weighted by Crippen LogP contribution is -2.30. The number of fused-ring (bicyclic) bond motifs is 2. The molecule has 9 heteroatoms. The van der Waals surface area contributed by atoms with Crippen LogP contribution in [-0.4, -0.2) is 29.1 Å². The molecule has 0 saturated carbocycles. The van der Waals surface area contributed by atoms with Crippen LogP contribution in [-0.2, 0) is 17.5 Å². The highest BCUT2D eigenvalue weighted by atomic mass is 35.5. The molecule has 0 aliphatic carbocycles. The van der Waals surface area contributed by atoms with Gasteiger partial charge in [0.15, 0.2) is 0 Å². The Morgan fingerprint density at radius 1 is 0.828 bits per heavy atom. The Morgan fingerprint density at radius 2 is 1.38 bits per heavy atom. The molecule has 4 N–H and O–H groups in total. The van der Waals surface area contributed by atoms with Crippen LogP contribution in [0.15, 0.2) is 24.5 Å². The highest BCUT2D eigenvalue weighted by molar-refractivity contribution is 6.28. The van der Waals surface area contributed by atoms with Crippen molar-refractivity contribution in [3.63, 3.8) is 0 Å². The van der Waals surface area contributed by atoms with Crippen molar-refractivity contribution in [2.75, 3.05) is 11.5 Å². The second-order valence-corrected chi connectivity index (χ2v) is 9.25. The highest BCUT2D eigenvalue weighted by Crippen LogP contribution is 2.30. The molecule has 0 aliphatic rings. The summed E-state index contributed by atoms with van der Waals surface area (Å²) in [5.41, 5.74) is 13.3. The Labute approximate surface area is 173 Å². The molecule has 0 aromatic carbocycles. The van der Waals surface area contributed by atoms with Crippen LogP contribution in [0.3, 0.4) is 0 Å². The predicted octanol–water partition coefficient (Wildman–Crippen LogP) is 3.73. The van der Waals surface area contributed by atoms with E-state index in [2.05, 4.69) is 54.1 Å². The van der Waals surface area contributed by atoms with E-state index in [1.165, 1.54) is 0 Å². The molecule has 29 heavy (non-hydrogen) atoms. The molecule has 4 rings (SSSR count). The van der Waals surface area contributed by atoms with Crippen molar-refractivity contribution >= 4 is 45.3 Å². The summed E-state index contributed by atoms with van der Waals surface area (Å²) < 4.78 is 4.15. The van der Waals surface area contributed by atoms with Crippen molar-refractivity contribution in [2.45, 2.75) is 52.1 Å². The summed E-state index contributed by atoms with van der Waals surface area (Å²) in [6, 6.07) is 3.86. The summed E-state index contributed by atoms with van der Waals surface area (Å²) in [6.07, 6.45) is 4.49. The molecule has 4 aromatic heterocycles. The second kappa shape index (κ2) is 6.32. The standard InChI is InChI=1S/C20H25ClN8/c1-19(2,3)28-8-6-11-14(22)24-13(25-16(11)28)10-20(4,5)29-9-7-12-15(23)26-18(21)27-17(12)29/h6-9H,10H2,1-5H3,(H2,22,24,25)(H2,23,26,27). The predicted molar refractivity (Wildman–Crippen MR) is 117 cm³/mol. The van der Waals surface area contributed by atoms with Gasteiger partial charge >= 0.3 is 0 Å². The zero-order valence-electron chi connectivity index (χ0n) is 17.2. The lowest BCUT2D eigenvalue weighted by Gasteiger charge is -2.27. The van der Waals surface area contributed by atoms with Crippen LogP contribution in [0.5, 0.6) is 0 Å². The SMILES string of the molecule is CC(C)(C)n1ccc2c(N)nc(CC(C)(C)n3ccc4c(N)nc(Cl)nc43)nc21. The van der Waals surface area contributed by atoms with Crippen LogP contribution in [0.2, 0.25) is 5.28 Å². The summed E-state index contributed by atoms with van der Waals surface area (Å²) in [5.74, 6) is 1.51. The highest BCUT2D eigenvalue weighted by Gasteiger charge is 2.27. The maximum atomic E-state index is 6.26. The Kier molecular flexibility index (Phi) is 4.24. The number of nitrogens with two attached hydrogens (primary N) is 2. The molecule has 0 atom stereocenters. The van der Waals surface area contributed by atoms with Crippen LogP contribution >= 0.6 is 11.6 Å². The number of hydrogen-bond donors (Lipinski definition) is 2. The number of rotatable bonds is 3. The fourth-order valence-corrected chi connectivity index (χ4v) is 3.85.